The van der Waals surface area contributed by atoms with E-state index in [2.05, 4.69) is 4.98 Å². The van der Waals surface area contributed by atoms with Crippen molar-refractivity contribution < 1.29 is 9.66 Å². The van der Waals surface area contributed by atoms with E-state index in [0.29, 0.717) is 5.75 Å². The van der Waals surface area contributed by atoms with Crippen molar-refractivity contribution in [2.45, 2.75) is 37.8 Å². The summed E-state index contributed by atoms with van der Waals surface area (Å²) in [5, 5.41) is 10.8. The Hall–Kier alpha value is -1.69. The second-order valence-electron chi connectivity index (χ2n) is 4.26. The monoisotopic (exact) mass is 237 g/mol. The van der Waals surface area contributed by atoms with E-state index >= 15 is 0 Å². The summed E-state index contributed by atoms with van der Waals surface area (Å²) in [6.07, 6.45) is 6.24. The van der Waals surface area contributed by atoms with Gasteiger partial charge in [-0.2, -0.15) is 0 Å². The van der Waals surface area contributed by atoms with Gasteiger partial charge in [-0.25, -0.2) is 0 Å². The van der Waals surface area contributed by atoms with Crippen LogP contribution in [0, 0.1) is 10.1 Å². The van der Waals surface area contributed by atoms with Crippen molar-refractivity contribution in [1.82, 2.24) is 4.98 Å². The van der Waals surface area contributed by atoms with Crippen LogP contribution in [0.3, 0.4) is 0 Å². The molecule has 0 unspecified atom stereocenters. The maximum atomic E-state index is 10.8. The van der Waals surface area contributed by atoms with Gasteiger partial charge in [0.05, 0.1) is 11.0 Å². The van der Waals surface area contributed by atoms with Gasteiger partial charge in [0.25, 0.3) is 0 Å². The molecule has 1 aromatic heterocycles. The highest BCUT2D eigenvalue weighted by atomic mass is 16.6. The Morgan fingerprint density at radius 2 is 2.12 bits per heavy atom. The summed E-state index contributed by atoms with van der Waals surface area (Å²) in [7, 11) is 0. The van der Waals surface area contributed by atoms with Crippen LogP contribution in [0.5, 0.6) is 5.75 Å². The summed E-state index contributed by atoms with van der Waals surface area (Å²) in [5.41, 5.74) is 5.71. The molecule has 1 aromatic rings. The zero-order valence-electron chi connectivity index (χ0n) is 9.41. The normalized spacial score (nSPS) is 24.3. The van der Waals surface area contributed by atoms with Gasteiger partial charge in [-0.1, -0.05) is 0 Å². The molecule has 1 heterocycles. The lowest BCUT2D eigenvalue weighted by Crippen LogP contribution is -2.31. The maximum absolute atomic E-state index is 10.8. The fraction of sp³-hybridized carbons (Fsp3) is 0.545. The number of aromatic nitrogens is 1. The number of pyridine rings is 1. The van der Waals surface area contributed by atoms with Crippen molar-refractivity contribution >= 4 is 5.69 Å². The van der Waals surface area contributed by atoms with E-state index in [1.54, 1.807) is 0 Å². The van der Waals surface area contributed by atoms with Gasteiger partial charge >= 0.3 is 5.69 Å². The first-order valence-electron chi connectivity index (χ1n) is 5.67. The molecular formula is C11H15N3O3. The van der Waals surface area contributed by atoms with E-state index < -0.39 is 4.92 Å². The molecule has 6 nitrogen and oxygen atoms in total. The summed E-state index contributed by atoms with van der Waals surface area (Å²) < 4.78 is 5.66. The molecule has 2 rings (SSSR count). The minimum Gasteiger partial charge on any atom is -0.483 e. The summed E-state index contributed by atoms with van der Waals surface area (Å²) in [4.78, 5) is 14.0. The number of hydrogen-bond acceptors (Lipinski definition) is 5. The molecule has 17 heavy (non-hydrogen) atoms. The van der Waals surface area contributed by atoms with Gasteiger partial charge in [-0.05, 0) is 25.7 Å². The van der Waals surface area contributed by atoms with Crippen LogP contribution in [0.2, 0.25) is 0 Å². The molecule has 0 bridgehead atoms. The number of nitrogens with two attached hydrogens (primary N) is 1. The van der Waals surface area contributed by atoms with Crippen molar-refractivity contribution in [3.63, 3.8) is 0 Å². The molecule has 92 valence electrons. The second-order valence-corrected chi connectivity index (χ2v) is 4.26. The first kappa shape index (κ1) is 11.8. The smallest absolute Gasteiger partial charge is 0.329 e. The summed E-state index contributed by atoms with van der Waals surface area (Å²) in [5.74, 6) is 0.297. The first-order chi connectivity index (χ1) is 8.16. The van der Waals surface area contributed by atoms with Crippen LogP contribution in [0.15, 0.2) is 18.5 Å². The zero-order valence-corrected chi connectivity index (χ0v) is 9.41. The molecule has 1 aliphatic rings. The Labute approximate surface area is 98.9 Å². The van der Waals surface area contributed by atoms with E-state index in [-0.39, 0.29) is 17.8 Å². The Kier molecular flexibility index (Phi) is 3.53. The molecule has 2 N–H and O–H groups in total. The predicted octanol–water partition coefficient (Wildman–Crippen LogP) is 1.64. The highest BCUT2D eigenvalue weighted by Crippen LogP contribution is 2.29. The molecule has 0 atom stereocenters. The summed E-state index contributed by atoms with van der Waals surface area (Å²) in [6.45, 7) is 0. The van der Waals surface area contributed by atoms with Gasteiger partial charge in [0, 0.05) is 18.3 Å². The lowest BCUT2D eigenvalue weighted by atomic mass is 9.94. The van der Waals surface area contributed by atoms with Crippen LogP contribution < -0.4 is 10.5 Å². The third-order valence-electron chi connectivity index (χ3n) is 2.97. The molecule has 6 heteroatoms. The lowest BCUT2D eigenvalue weighted by Gasteiger charge is -2.26. The molecule has 0 saturated heterocycles. The minimum absolute atomic E-state index is 0.0240. The van der Waals surface area contributed by atoms with Crippen molar-refractivity contribution in [2.24, 2.45) is 5.73 Å². The summed E-state index contributed by atoms with van der Waals surface area (Å²) in [6, 6.07) is 1.77. The van der Waals surface area contributed by atoms with Crippen molar-refractivity contribution in [3.05, 3.63) is 28.6 Å². The number of nitro groups is 1. The molecule has 1 saturated carbocycles. The molecule has 1 fully saturated rings. The van der Waals surface area contributed by atoms with E-state index in [1.807, 2.05) is 0 Å². The SMILES string of the molecule is NC1CCC(Oc2ccncc2[N+](=O)[O-])CC1. The highest BCUT2D eigenvalue weighted by Gasteiger charge is 2.23. The topological polar surface area (TPSA) is 91.3 Å². The lowest BCUT2D eigenvalue weighted by molar-refractivity contribution is -0.386. The second kappa shape index (κ2) is 5.09. The van der Waals surface area contributed by atoms with Gasteiger partial charge < -0.3 is 10.5 Å². The molecule has 0 aliphatic heterocycles. The molecule has 0 spiro atoms. The number of rotatable bonds is 3. The number of nitrogens with zero attached hydrogens (tertiary/aromatic N) is 2. The van der Waals surface area contributed by atoms with Crippen LogP contribution in [0.1, 0.15) is 25.7 Å². The van der Waals surface area contributed by atoms with Crippen molar-refractivity contribution in [3.8, 4) is 5.75 Å². The molecule has 1 aliphatic carbocycles. The zero-order chi connectivity index (χ0) is 12.3. The molecule has 0 aromatic carbocycles. The average molecular weight is 237 g/mol. The molecule has 0 radical (unpaired) electrons. The van der Waals surface area contributed by atoms with Crippen LogP contribution in [-0.2, 0) is 0 Å². The van der Waals surface area contributed by atoms with Crippen LogP contribution in [0.4, 0.5) is 5.69 Å². The van der Waals surface area contributed by atoms with Gasteiger partial charge in [0.15, 0.2) is 0 Å². The van der Waals surface area contributed by atoms with Gasteiger partial charge in [-0.3, -0.25) is 15.1 Å². The number of hydrogen-bond donors (Lipinski definition) is 1. The Bertz CT molecular complexity index is 403. The van der Waals surface area contributed by atoms with Crippen LogP contribution >= 0.6 is 0 Å². The first-order valence-corrected chi connectivity index (χ1v) is 5.67. The largest absolute Gasteiger partial charge is 0.483 e. The van der Waals surface area contributed by atoms with Crippen LogP contribution in [0.25, 0.3) is 0 Å². The van der Waals surface area contributed by atoms with E-state index in [9.17, 15) is 10.1 Å². The quantitative estimate of drug-likeness (QED) is 0.637. The van der Waals surface area contributed by atoms with E-state index in [4.69, 9.17) is 10.5 Å². The van der Waals surface area contributed by atoms with E-state index in [0.717, 1.165) is 25.7 Å². The third kappa shape index (κ3) is 2.91. The fourth-order valence-electron chi connectivity index (χ4n) is 2.00. The molecular weight excluding hydrogens is 222 g/mol. The Morgan fingerprint density at radius 3 is 2.76 bits per heavy atom. The Morgan fingerprint density at radius 1 is 1.41 bits per heavy atom. The third-order valence-corrected chi connectivity index (χ3v) is 2.97. The molecule has 0 amide bonds. The summed E-state index contributed by atoms with van der Waals surface area (Å²) >= 11 is 0. The standard InChI is InChI=1S/C11H15N3O3/c12-8-1-3-9(4-2-8)17-11-5-6-13-7-10(11)14(15)16/h5-9H,1-4,12H2. The van der Waals surface area contributed by atoms with Crippen LogP contribution in [-0.4, -0.2) is 22.1 Å². The Balaban J connectivity index is 2.05. The van der Waals surface area contributed by atoms with Crippen molar-refractivity contribution in [2.75, 3.05) is 0 Å². The van der Waals surface area contributed by atoms with Gasteiger partial charge in [-0.15, -0.1) is 0 Å². The predicted molar refractivity (Wildman–Crippen MR) is 61.8 cm³/mol. The van der Waals surface area contributed by atoms with Gasteiger partial charge in [0.2, 0.25) is 5.75 Å². The number of ether oxygens (including phenoxy) is 1. The van der Waals surface area contributed by atoms with Crippen molar-refractivity contribution in [1.29, 1.82) is 0 Å². The fourth-order valence-corrected chi connectivity index (χ4v) is 2.00. The highest BCUT2D eigenvalue weighted by molar-refractivity contribution is 5.43. The van der Waals surface area contributed by atoms with Gasteiger partial charge in [0.1, 0.15) is 6.20 Å². The minimum atomic E-state index is -0.475. The maximum Gasteiger partial charge on any atom is 0.329 e. The average Bonchev–Trinajstić information content (AvgIpc) is 2.32. The van der Waals surface area contributed by atoms with E-state index in [1.165, 1.54) is 18.5 Å².